The highest BCUT2D eigenvalue weighted by atomic mass is 79.9. The summed E-state index contributed by atoms with van der Waals surface area (Å²) in [6, 6.07) is 2.45. The van der Waals surface area contributed by atoms with Gasteiger partial charge in [0.25, 0.3) is 5.91 Å². The van der Waals surface area contributed by atoms with Crippen molar-refractivity contribution in [2.24, 2.45) is 0 Å². The Balaban J connectivity index is 1.87. The lowest BCUT2D eigenvalue weighted by atomic mass is 10.0. The van der Waals surface area contributed by atoms with Crippen molar-refractivity contribution in [3.63, 3.8) is 0 Å². The van der Waals surface area contributed by atoms with Gasteiger partial charge in [-0.05, 0) is 67.3 Å². The molecule has 0 spiro atoms. The third-order valence-electron chi connectivity index (χ3n) is 7.07. The molecule has 0 aliphatic carbocycles. The van der Waals surface area contributed by atoms with E-state index in [9.17, 15) is 14.0 Å². The average molecular weight is 640 g/mol. The largest absolute Gasteiger partial charge is 0.444 e. The summed E-state index contributed by atoms with van der Waals surface area (Å²) in [7, 11) is -2.14. The number of ether oxygens (including phenoxy) is 1. The SMILES string of the molecule is CC(C)(C)OC(=O)N[C@@H]1CN(c2ccncc2NC(=O)c2nc(Br)c(F)cc2N)CC[C@H]1O[Si](C)(C)C(C)(C)C. The number of carbonyl (C=O) groups excluding carboxylic acids is 2. The number of nitrogens with zero attached hydrogens (tertiary/aromatic N) is 3. The molecule has 1 aliphatic rings. The van der Waals surface area contributed by atoms with Gasteiger partial charge in [-0.15, -0.1) is 0 Å². The quantitative estimate of drug-likeness (QED) is 0.271. The number of carbonyl (C=O) groups is 2. The molecular weight excluding hydrogens is 599 g/mol. The Morgan fingerprint density at radius 1 is 1.23 bits per heavy atom. The first kappa shape index (κ1) is 31.8. The molecule has 2 aromatic heterocycles. The van der Waals surface area contributed by atoms with Gasteiger partial charge in [0.2, 0.25) is 0 Å². The number of hydrogen-bond acceptors (Lipinski definition) is 8. The van der Waals surface area contributed by atoms with Crippen LogP contribution in [0.25, 0.3) is 0 Å². The van der Waals surface area contributed by atoms with Gasteiger partial charge in [-0.3, -0.25) is 9.78 Å². The van der Waals surface area contributed by atoms with E-state index in [0.29, 0.717) is 30.9 Å². The van der Waals surface area contributed by atoms with Crippen LogP contribution in [-0.4, -0.2) is 61.1 Å². The summed E-state index contributed by atoms with van der Waals surface area (Å²) in [4.78, 5) is 36.0. The third kappa shape index (κ3) is 7.91. The van der Waals surface area contributed by atoms with Gasteiger partial charge in [-0.1, -0.05) is 20.8 Å². The Morgan fingerprint density at radius 3 is 2.52 bits per heavy atom. The van der Waals surface area contributed by atoms with Gasteiger partial charge < -0.3 is 30.4 Å². The van der Waals surface area contributed by atoms with Crippen LogP contribution < -0.4 is 21.3 Å². The number of pyridine rings is 2. The molecule has 3 heterocycles. The predicted molar refractivity (Wildman–Crippen MR) is 161 cm³/mol. The number of rotatable bonds is 6. The number of nitrogen functional groups attached to an aromatic ring is 1. The van der Waals surface area contributed by atoms with Crippen molar-refractivity contribution in [2.45, 2.75) is 83.8 Å². The summed E-state index contributed by atoms with van der Waals surface area (Å²) in [5.41, 5.74) is 6.12. The van der Waals surface area contributed by atoms with Gasteiger partial charge in [0.05, 0.1) is 35.4 Å². The van der Waals surface area contributed by atoms with Crippen molar-refractivity contribution in [1.29, 1.82) is 0 Å². The average Bonchev–Trinajstić information content (AvgIpc) is 2.80. The number of nitrogens with one attached hydrogen (secondary N) is 2. The first-order valence-corrected chi connectivity index (χ1v) is 16.9. The van der Waals surface area contributed by atoms with Crippen LogP contribution in [0.2, 0.25) is 18.1 Å². The molecule has 1 saturated heterocycles. The van der Waals surface area contributed by atoms with Gasteiger partial charge in [-0.2, -0.15) is 0 Å². The Hall–Kier alpha value is -2.77. The molecule has 3 rings (SSSR count). The molecule has 0 bridgehead atoms. The summed E-state index contributed by atoms with van der Waals surface area (Å²) < 4.78 is 26.0. The topological polar surface area (TPSA) is 132 Å². The van der Waals surface area contributed by atoms with Gasteiger partial charge in [0.15, 0.2) is 19.8 Å². The Kier molecular flexibility index (Phi) is 9.52. The van der Waals surface area contributed by atoms with Crippen LogP contribution in [0.5, 0.6) is 0 Å². The number of nitrogens with two attached hydrogens (primary N) is 1. The zero-order valence-electron chi connectivity index (χ0n) is 24.4. The van der Waals surface area contributed by atoms with Gasteiger partial charge >= 0.3 is 6.09 Å². The lowest BCUT2D eigenvalue weighted by Crippen LogP contribution is -2.59. The summed E-state index contributed by atoms with van der Waals surface area (Å²) in [5, 5.41) is 5.83. The van der Waals surface area contributed by atoms with Crippen LogP contribution in [0.15, 0.2) is 29.1 Å². The minimum atomic E-state index is -2.14. The van der Waals surface area contributed by atoms with Crippen LogP contribution in [0, 0.1) is 5.82 Å². The number of piperidine rings is 1. The summed E-state index contributed by atoms with van der Waals surface area (Å²) in [5.74, 6) is -1.27. The van der Waals surface area contributed by atoms with Crippen LogP contribution in [0.1, 0.15) is 58.5 Å². The molecule has 2 aromatic rings. The number of amides is 2. The van der Waals surface area contributed by atoms with E-state index in [0.717, 1.165) is 6.07 Å². The van der Waals surface area contributed by atoms with Gasteiger partial charge in [-0.25, -0.2) is 14.2 Å². The zero-order chi connectivity index (χ0) is 30.0. The molecular formula is C27H40BrFN6O4Si. The first-order valence-electron chi connectivity index (χ1n) is 13.2. The monoisotopic (exact) mass is 638 g/mol. The second-order valence-corrected chi connectivity index (χ2v) is 18.0. The maximum Gasteiger partial charge on any atom is 0.408 e. The van der Waals surface area contributed by atoms with Crippen molar-refractivity contribution in [3.8, 4) is 0 Å². The van der Waals surface area contributed by atoms with Crippen LogP contribution in [-0.2, 0) is 9.16 Å². The predicted octanol–water partition coefficient (Wildman–Crippen LogP) is 5.71. The van der Waals surface area contributed by atoms with E-state index in [2.05, 4.69) is 75.3 Å². The highest BCUT2D eigenvalue weighted by Crippen LogP contribution is 2.39. The lowest BCUT2D eigenvalue weighted by molar-refractivity contribution is 0.0414. The Labute approximate surface area is 244 Å². The van der Waals surface area contributed by atoms with E-state index in [4.69, 9.17) is 14.9 Å². The molecule has 2 atom stereocenters. The van der Waals surface area contributed by atoms with Crippen molar-refractivity contribution < 1.29 is 23.1 Å². The molecule has 40 heavy (non-hydrogen) atoms. The molecule has 4 N–H and O–H groups in total. The second-order valence-electron chi connectivity index (χ2n) is 12.4. The van der Waals surface area contributed by atoms with Gasteiger partial charge in [0, 0.05) is 25.4 Å². The first-order chi connectivity index (χ1) is 18.4. The number of aromatic nitrogens is 2. The van der Waals surface area contributed by atoms with Crippen molar-refractivity contribution >= 4 is 53.3 Å². The minimum absolute atomic E-state index is 0.00557. The molecule has 0 radical (unpaired) electrons. The number of halogens is 2. The molecule has 10 nitrogen and oxygen atoms in total. The third-order valence-corrected chi connectivity index (χ3v) is 12.1. The zero-order valence-corrected chi connectivity index (χ0v) is 27.0. The fourth-order valence-corrected chi connectivity index (χ4v) is 5.73. The standard InChI is InChI=1S/C27H40BrFN6O4Si/c1-26(2,3)38-25(37)33-19-15-35(12-10-21(19)39-40(7,8)27(4,5)6)20-9-11-31-14-18(20)32-24(36)22-17(30)13-16(29)23(28)34-22/h9,11,13-14,19,21H,10,12,15,30H2,1-8H3,(H,32,36)(H,33,37)/t19-,21-/m1/s1. The number of alkyl carbamates (subject to hydrolysis) is 1. The van der Waals surface area contributed by atoms with Gasteiger partial charge in [0.1, 0.15) is 10.2 Å². The second kappa shape index (κ2) is 12.0. The smallest absolute Gasteiger partial charge is 0.408 e. The molecule has 0 aromatic carbocycles. The fourth-order valence-electron chi connectivity index (χ4n) is 4.05. The summed E-state index contributed by atoms with van der Waals surface area (Å²) in [6.07, 6.45) is 3.05. The summed E-state index contributed by atoms with van der Waals surface area (Å²) >= 11 is 3.00. The highest BCUT2D eigenvalue weighted by Gasteiger charge is 2.43. The van der Waals surface area contributed by atoms with Crippen molar-refractivity contribution in [3.05, 3.63) is 40.6 Å². The molecule has 0 saturated carbocycles. The van der Waals surface area contributed by atoms with E-state index in [1.165, 1.54) is 6.20 Å². The van der Waals surface area contributed by atoms with Crippen LogP contribution in [0.4, 0.5) is 26.2 Å². The number of hydrogen-bond donors (Lipinski definition) is 3. The van der Waals surface area contributed by atoms with E-state index >= 15 is 0 Å². The molecule has 1 fully saturated rings. The van der Waals surface area contributed by atoms with Crippen molar-refractivity contribution in [2.75, 3.05) is 29.0 Å². The maximum absolute atomic E-state index is 13.8. The van der Waals surface area contributed by atoms with E-state index in [-0.39, 0.29) is 33.2 Å². The Bertz CT molecular complexity index is 1250. The molecule has 2 amide bonds. The van der Waals surface area contributed by atoms with E-state index < -0.39 is 31.7 Å². The molecule has 1 aliphatic heterocycles. The highest BCUT2D eigenvalue weighted by molar-refractivity contribution is 9.10. The summed E-state index contributed by atoms with van der Waals surface area (Å²) in [6.45, 7) is 17.4. The van der Waals surface area contributed by atoms with Crippen molar-refractivity contribution in [1.82, 2.24) is 15.3 Å². The number of anilines is 3. The maximum atomic E-state index is 13.8. The normalized spacial score (nSPS) is 18.3. The van der Waals surface area contributed by atoms with E-state index in [1.54, 1.807) is 12.3 Å². The van der Waals surface area contributed by atoms with Crippen LogP contribution >= 0.6 is 15.9 Å². The minimum Gasteiger partial charge on any atom is -0.444 e. The molecule has 220 valence electrons. The Morgan fingerprint density at radius 2 is 1.90 bits per heavy atom. The lowest BCUT2D eigenvalue weighted by Gasteiger charge is -2.46. The van der Waals surface area contributed by atoms with E-state index in [1.807, 2.05) is 20.8 Å². The van der Waals surface area contributed by atoms with Crippen LogP contribution in [0.3, 0.4) is 0 Å². The molecule has 0 unspecified atom stereocenters. The molecule has 13 heteroatoms. The fraction of sp³-hybridized carbons (Fsp3) is 0.556.